The lowest BCUT2D eigenvalue weighted by Gasteiger charge is -2.39. The number of aryl methyl sites for hydroxylation is 2. The van der Waals surface area contributed by atoms with Gasteiger partial charge in [0.05, 0.1) is 12.1 Å². The van der Waals surface area contributed by atoms with Crippen molar-refractivity contribution in [2.45, 2.75) is 38.6 Å². The smallest absolute Gasteiger partial charge is 0.235 e. The minimum atomic E-state index is -0.527. The van der Waals surface area contributed by atoms with Crippen LogP contribution in [0.25, 0.3) is 0 Å². The third kappa shape index (κ3) is 1.84. The molecule has 2 rings (SSSR count). The van der Waals surface area contributed by atoms with Gasteiger partial charge in [-0.05, 0) is 44.2 Å². The molecule has 0 aliphatic heterocycles. The molecule has 96 valence electrons. The number of halogens is 1. The van der Waals surface area contributed by atoms with Gasteiger partial charge >= 0.3 is 0 Å². The zero-order valence-electron chi connectivity index (χ0n) is 10.8. The number of methoxy groups -OCH3 is 1. The maximum atomic E-state index is 10.7. The first-order chi connectivity index (χ1) is 8.55. The number of hydrogen-bond donors (Lipinski definition) is 0. The topological polar surface area (TPSA) is 38.7 Å². The fraction of sp³-hybridized carbons (Fsp3) is 0.500. The normalized spacial score (nSPS) is 16.7. The Morgan fingerprint density at radius 2 is 2.06 bits per heavy atom. The van der Waals surface area contributed by atoms with Crippen LogP contribution in [0.5, 0.6) is 5.75 Å². The Balaban J connectivity index is 2.72. The molecule has 1 aromatic carbocycles. The lowest BCUT2D eigenvalue weighted by atomic mass is 9.71. The number of hydrogen-bond acceptors (Lipinski definition) is 3. The fourth-order valence-electron chi connectivity index (χ4n) is 2.64. The minimum Gasteiger partial charge on any atom is -0.496 e. The van der Waals surface area contributed by atoms with E-state index in [-0.39, 0.29) is 0 Å². The van der Waals surface area contributed by atoms with Crippen molar-refractivity contribution in [2.24, 2.45) is 4.99 Å². The van der Waals surface area contributed by atoms with E-state index in [2.05, 4.69) is 4.99 Å². The third-order valence-electron chi connectivity index (χ3n) is 3.69. The van der Waals surface area contributed by atoms with Gasteiger partial charge in [0.1, 0.15) is 11.3 Å². The monoisotopic (exact) mass is 265 g/mol. The van der Waals surface area contributed by atoms with Gasteiger partial charge in [-0.1, -0.05) is 17.7 Å². The first-order valence-corrected chi connectivity index (χ1v) is 6.37. The molecule has 3 nitrogen and oxygen atoms in total. The summed E-state index contributed by atoms with van der Waals surface area (Å²) in [5, 5.41) is 0.649. The van der Waals surface area contributed by atoms with Gasteiger partial charge in [0.15, 0.2) is 0 Å². The Morgan fingerprint density at radius 3 is 2.50 bits per heavy atom. The van der Waals surface area contributed by atoms with Crippen molar-refractivity contribution in [1.29, 1.82) is 0 Å². The third-order valence-corrected chi connectivity index (χ3v) is 4.18. The predicted octanol–water partition coefficient (Wildman–Crippen LogP) is 3.68. The van der Waals surface area contributed by atoms with E-state index >= 15 is 0 Å². The van der Waals surface area contributed by atoms with Crippen molar-refractivity contribution in [3.63, 3.8) is 0 Å². The summed E-state index contributed by atoms with van der Waals surface area (Å²) in [5.41, 5.74) is 2.32. The van der Waals surface area contributed by atoms with Gasteiger partial charge in [0, 0.05) is 5.56 Å². The molecule has 0 unspecified atom stereocenters. The summed E-state index contributed by atoms with van der Waals surface area (Å²) in [4.78, 5) is 14.7. The molecule has 0 radical (unpaired) electrons. The minimum absolute atomic E-state index is 0.527. The molecule has 0 bridgehead atoms. The van der Waals surface area contributed by atoms with E-state index in [1.54, 1.807) is 13.2 Å². The van der Waals surface area contributed by atoms with Gasteiger partial charge in [-0.25, -0.2) is 4.79 Å². The van der Waals surface area contributed by atoms with Crippen molar-refractivity contribution in [1.82, 2.24) is 0 Å². The molecule has 4 heteroatoms. The molecule has 1 fully saturated rings. The SMILES string of the molecule is COc1c(C)cc(C)c(Cl)c1C1(N=C=O)CCC1. The molecule has 0 aromatic heterocycles. The maximum absolute atomic E-state index is 10.7. The van der Waals surface area contributed by atoms with Gasteiger partial charge in [-0.2, -0.15) is 4.99 Å². The lowest BCUT2D eigenvalue weighted by Crippen LogP contribution is -2.33. The summed E-state index contributed by atoms with van der Waals surface area (Å²) in [7, 11) is 1.62. The average Bonchev–Trinajstić information content (AvgIpc) is 2.28. The molecule has 0 N–H and O–H groups in total. The number of nitrogens with zero attached hydrogens (tertiary/aromatic N) is 1. The highest BCUT2D eigenvalue weighted by Gasteiger charge is 2.43. The van der Waals surface area contributed by atoms with Crippen molar-refractivity contribution in [3.8, 4) is 5.75 Å². The van der Waals surface area contributed by atoms with Gasteiger partial charge in [-0.15, -0.1) is 0 Å². The van der Waals surface area contributed by atoms with Crippen LogP contribution >= 0.6 is 11.6 Å². The van der Waals surface area contributed by atoms with Gasteiger partial charge < -0.3 is 4.74 Å². The van der Waals surface area contributed by atoms with E-state index in [0.29, 0.717) is 5.02 Å². The van der Waals surface area contributed by atoms with Gasteiger partial charge in [0.25, 0.3) is 0 Å². The molecular formula is C14H16ClNO2. The largest absolute Gasteiger partial charge is 0.496 e. The zero-order chi connectivity index (χ0) is 13.3. The van der Waals surface area contributed by atoms with E-state index in [4.69, 9.17) is 16.3 Å². The van der Waals surface area contributed by atoms with Crippen molar-refractivity contribution < 1.29 is 9.53 Å². The summed E-state index contributed by atoms with van der Waals surface area (Å²) < 4.78 is 5.47. The first-order valence-electron chi connectivity index (χ1n) is 5.99. The molecule has 0 amide bonds. The molecule has 0 heterocycles. The van der Waals surface area contributed by atoms with E-state index in [1.807, 2.05) is 19.9 Å². The van der Waals surface area contributed by atoms with Crippen LogP contribution in [0.3, 0.4) is 0 Å². The molecule has 0 atom stereocenters. The van der Waals surface area contributed by atoms with Gasteiger partial charge in [-0.3, -0.25) is 0 Å². The van der Waals surface area contributed by atoms with Crippen LogP contribution in [0.1, 0.15) is 36.0 Å². The summed E-state index contributed by atoms with van der Waals surface area (Å²) in [5.74, 6) is 0.740. The Kier molecular flexibility index (Phi) is 3.47. The molecule has 0 spiro atoms. The van der Waals surface area contributed by atoms with Crippen LogP contribution in [-0.2, 0) is 10.3 Å². The number of rotatable bonds is 3. The molecule has 1 aromatic rings. The van der Waals surface area contributed by atoms with Gasteiger partial charge in [0.2, 0.25) is 6.08 Å². The average molecular weight is 266 g/mol. The number of ether oxygens (including phenoxy) is 1. The van der Waals surface area contributed by atoms with Crippen molar-refractivity contribution in [2.75, 3.05) is 7.11 Å². The summed E-state index contributed by atoms with van der Waals surface area (Å²) >= 11 is 6.41. The van der Waals surface area contributed by atoms with Crippen LogP contribution in [0.15, 0.2) is 11.1 Å². The van der Waals surface area contributed by atoms with E-state index in [9.17, 15) is 4.79 Å². The second-order valence-corrected chi connectivity index (χ2v) is 5.20. The van der Waals surface area contributed by atoms with Crippen LogP contribution in [0.4, 0.5) is 0 Å². The Hall–Kier alpha value is -1.31. The predicted molar refractivity (Wildman–Crippen MR) is 71.1 cm³/mol. The Bertz CT molecular complexity index is 529. The van der Waals surface area contributed by atoms with Crippen LogP contribution in [0.2, 0.25) is 5.02 Å². The molecule has 1 aliphatic rings. The van der Waals surface area contributed by atoms with Crippen LogP contribution in [0, 0.1) is 13.8 Å². The molecule has 1 aliphatic carbocycles. The van der Waals surface area contributed by atoms with Crippen LogP contribution < -0.4 is 4.74 Å². The highest BCUT2D eigenvalue weighted by molar-refractivity contribution is 6.32. The molecule has 18 heavy (non-hydrogen) atoms. The quantitative estimate of drug-likeness (QED) is 0.618. The first kappa shape index (κ1) is 13.1. The fourth-order valence-corrected chi connectivity index (χ4v) is 2.96. The number of carbonyl (C=O) groups excluding carboxylic acids is 1. The van der Waals surface area contributed by atoms with Crippen molar-refractivity contribution in [3.05, 3.63) is 27.8 Å². The van der Waals surface area contributed by atoms with Crippen molar-refractivity contribution >= 4 is 17.7 Å². The zero-order valence-corrected chi connectivity index (χ0v) is 11.6. The molecular weight excluding hydrogens is 250 g/mol. The van der Waals surface area contributed by atoms with E-state index in [0.717, 1.165) is 41.7 Å². The number of isocyanates is 1. The lowest BCUT2D eigenvalue weighted by molar-refractivity contribution is 0.245. The Labute approximate surface area is 112 Å². The molecule has 1 saturated carbocycles. The second-order valence-electron chi connectivity index (χ2n) is 4.82. The standard InChI is InChI=1S/C14H16ClNO2/c1-9-7-10(2)13(18-3)11(12(9)15)14(16-8-17)5-4-6-14/h7H,4-6H2,1-3H3. The summed E-state index contributed by atoms with van der Waals surface area (Å²) in [6.07, 6.45) is 4.37. The molecule has 0 saturated heterocycles. The number of aliphatic imine (C=N–C) groups is 1. The van der Waals surface area contributed by atoms with E-state index in [1.165, 1.54) is 0 Å². The maximum Gasteiger partial charge on any atom is 0.235 e. The van der Waals surface area contributed by atoms with E-state index < -0.39 is 5.54 Å². The highest BCUT2D eigenvalue weighted by atomic mass is 35.5. The summed E-state index contributed by atoms with van der Waals surface area (Å²) in [6.45, 7) is 3.93. The summed E-state index contributed by atoms with van der Waals surface area (Å²) in [6, 6.07) is 1.99. The number of benzene rings is 1. The second kappa shape index (κ2) is 4.75. The highest BCUT2D eigenvalue weighted by Crippen LogP contribution is 2.52. The van der Waals surface area contributed by atoms with Crippen LogP contribution in [-0.4, -0.2) is 13.2 Å². The Morgan fingerprint density at radius 1 is 1.39 bits per heavy atom.